The molecule has 0 radical (unpaired) electrons. The number of hydrogen-bond donors (Lipinski definition) is 1. The third-order valence-corrected chi connectivity index (χ3v) is 4.56. The van der Waals surface area contributed by atoms with E-state index in [1.807, 2.05) is 19.9 Å². The van der Waals surface area contributed by atoms with Crippen LogP contribution in [0.4, 0.5) is 15.8 Å². The van der Waals surface area contributed by atoms with E-state index in [-0.39, 0.29) is 17.7 Å². The molecule has 2 aromatic rings. The minimum absolute atomic E-state index is 0.0152. The van der Waals surface area contributed by atoms with Gasteiger partial charge >= 0.3 is 0 Å². The third-order valence-electron chi connectivity index (χ3n) is 4.56. The summed E-state index contributed by atoms with van der Waals surface area (Å²) in [6.07, 6.45) is 4.15. The lowest BCUT2D eigenvalue weighted by Gasteiger charge is -2.17. The Morgan fingerprint density at radius 2 is 2.00 bits per heavy atom. The van der Waals surface area contributed by atoms with Gasteiger partial charge in [0.2, 0.25) is 11.8 Å². The second-order valence-corrected chi connectivity index (χ2v) is 7.21. The summed E-state index contributed by atoms with van der Waals surface area (Å²) in [5.74, 6) is 0.161. The van der Waals surface area contributed by atoms with E-state index < -0.39 is 11.7 Å². The Morgan fingerprint density at radius 3 is 2.63 bits per heavy atom. The van der Waals surface area contributed by atoms with E-state index in [1.165, 1.54) is 23.1 Å². The largest absolute Gasteiger partial charge is 0.493 e. The molecule has 0 atom stereocenters. The van der Waals surface area contributed by atoms with Crippen molar-refractivity contribution in [1.29, 1.82) is 0 Å². The Labute approximate surface area is 175 Å². The SMILES string of the molecule is COc1cc(/C=C/C(=O)Nc2ccc(N3CCCC3=O)c(F)c2)ccc1OC(C)C. The molecule has 6 nitrogen and oxygen atoms in total. The highest BCUT2D eigenvalue weighted by Gasteiger charge is 2.24. The summed E-state index contributed by atoms with van der Waals surface area (Å²) in [6.45, 7) is 4.36. The average Bonchev–Trinajstić information content (AvgIpc) is 3.12. The maximum Gasteiger partial charge on any atom is 0.248 e. The Kier molecular flexibility index (Phi) is 6.72. The summed E-state index contributed by atoms with van der Waals surface area (Å²) in [5, 5.41) is 2.62. The monoisotopic (exact) mass is 412 g/mol. The van der Waals surface area contributed by atoms with Gasteiger partial charge in [0.1, 0.15) is 5.82 Å². The highest BCUT2D eigenvalue weighted by atomic mass is 19.1. The lowest BCUT2D eigenvalue weighted by Crippen LogP contribution is -2.24. The summed E-state index contributed by atoms with van der Waals surface area (Å²) in [4.78, 5) is 25.4. The van der Waals surface area contributed by atoms with Crippen molar-refractivity contribution in [3.63, 3.8) is 0 Å². The molecule has 1 aliphatic heterocycles. The van der Waals surface area contributed by atoms with Gasteiger partial charge in [-0.1, -0.05) is 6.07 Å². The summed E-state index contributed by atoms with van der Waals surface area (Å²) in [5.41, 5.74) is 1.31. The van der Waals surface area contributed by atoms with Crippen molar-refractivity contribution < 1.29 is 23.5 Å². The Bertz CT molecular complexity index is 972. The molecule has 7 heteroatoms. The molecule has 0 spiro atoms. The number of halogens is 1. The molecular formula is C23H25FN2O4. The number of carbonyl (C=O) groups excluding carboxylic acids is 2. The van der Waals surface area contributed by atoms with Crippen LogP contribution >= 0.6 is 0 Å². The topological polar surface area (TPSA) is 67.9 Å². The smallest absolute Gasteiger partial charge is 0.248 e. The van der Waals surface area contributed by atoms with Crippen LogP contribution in [-0.4, -0.2) is 31.6 Å². The van der Waals surface area contributed by atoms with Crippen LogP contribution in [0.15, 0.2) is 42.5 Å². The second kappa shape index (κ2) is 9.43. The lowest BCUT2D eigenvalue weighted by molar-refractivity contribution is -0.117. The number of nitrogens with zero attached hydrogens (tertiary/aromatic N) is 1. The number of carbonyl (C=O) groups is 2. The zero-order chi connectivity index (χ0) is 21.7. The van der Waals surface area contributed by atoms with Crippen LogP contribution in [0.25, 0.3) is 6.08 Å². The molecule has 1 fully saturated rings. The standard InChI is InChI=1S/C23H25FN2O4/c1-15(2)30-20-10-6-16(13-21(20)29-3)7-11-22(27)25-17-8-9-19(18(24)14-17)26-12-4-5-23(26)28/h6-11,13-15H,4-5,12H2,1-3H3,(H,25,27)/b11-7+. The van der Waals surface area contributed by atoms with Crippen LogP contribution in [0.5, 0.6) is 11.5 Å². The van der Waals surface area contributed by atoms with Gasteiger partial charge in [-0.15, -0.1) is 0 Å². The molecular weight excluding hydrogens is 387 g/mol. The molecule has 0 saturated carbocycles. The summed E-state index contributed by atoms with van der Waals surface area (Å²) >= 11 is 0. The van der Waals surface area contributed by atoms with E-state index in [4.69, 9.17) is 9.47 Å². The fourth-order valence-corrected chi connectivity index (χ4v) is 3.20. The minimum Gasteiger partial charge on any atom is -0.493 e. The van der Waals surface area contributed by atoms with Crippen molar-refractivity contribution in [3.05, 3.63) is 53.9 Å². The fourth-order valence-electron chi connectivity index (χ4n) is 3.20. The van der Waals surface area contributed by atoms with Crippen LogP contribution in [0.3, 0.4) is 0 Å². The summed E-state index contributed by atoms with van der Waals surface area (Å²) < 4.78 is 25.4. The Hall–Kier alpha value is -3.35. The molecule has 0 bridgehead atoms. The zero-order valence-electron chi connectivity index (χ0n) is 17.3. The van der Waals surface area contributed by atoms with E-state index in [0.29, 0.717) is 30.2 Å². The maximum absolute atomic E-state index is 14.4. The van der Waals surface area contributed by atoms with Gasteiger partial charge in [0.15, 0.2) is 11.5 Å². The highest BCUT2D eigenvalue weighted by Crippen LogP contribution is 2.30. The van der Waals surface area contributed by atoms with Gasteiger partial charge in [-0.05, 0) is 62.2 Å². The van der Waals surface area contributed by atoms with E-state index in [0.717, 1.165) is 12.0 Å². The molecule has 2 amide bonds. The van der Waals surface area contributed by atoms with Gasteiger partial charge in [0.05, 0.1) is 18.9 Å². The van der Waals surface area contributed by atoms with E-state index in [2.05, 4.69) is 5.32 Å². The first kappa shape index (κ1) is 21.4. The number of nitrogens with one attached hydrogen (secondary N) is 1. The number of hydrogen-bond acceptors (Lipinski definition) is 4. The van der Waals surface area contributed by atoms with E-state index in [1.54, 1.807) is 31.4 Å². The molecule has 0 unspecified atom stereocenters. The van der Waals surface area contributed by atoms with Crippen LogP contribution < -0.4 is 19.7 Å². The van der Waals surface area contributed by atoms with E-state index >= 15 is 0 Å². The second-order valence-electron chi connectivity index (χ2n) is 7.21. The highest BCUT2D eigenvalue weighted by molar-refractivity contribution is 6.02. The van der Waals surface area contributed by atoms with Gasteiger partial charge in [-0.2, -0.15) is 0 Å². The number of methoxy groups -OCH3 is 1. The predicted octanol–water partition coefficient (Wildman–Crippen LogP) is 4.40. The Morgan fingerprint density at radius 1 is 1.20 bits per heavy atom. The molecule has 1 aliphatic rings. The number of amides is 2. The van der Waals surface area contributed by atoms with Crippen LogP contribution in [0.1, 0.15) is 32.3 Å². The van der Waals surface area contributed by atoms with E-state index in [9.17, 15) is 14.0 Å². The van der Waals surface area contributed by atoms with Gasteiger partial charge in [-0.25, -0.2) is 4.39 Å². The quantitative estimate of drug-likeness (QED) is 0.685. The van der Waals surface area contributed by atoms with Crippen LogP contribution in [0, 0.1) is 5.82 Å². The molecule has 30 heavy (non-hydrogen) atoms. The number of ether oxygens (including phenoxy) is 2. The van der Waals surface area contributed by atoms with Crippen LogP contribution in [0.2, 0.25) is 0 Å². The lowest BCUT2D eigenvalue weighted by atomic mass is 10.2. The fraction of sp³-hybridized carbons (Fsp3) is 0.304. The van der Waals surface area contributed by atoms with Crippen molar-refractivity contribution in [2.45, 2.75) is 32.8 Å². The molecule has 3 rings (SSSR count). The first-order chi connectivity index (χ1) is 14.4. The molecule has 1 heterocycles. The number of rotatable bonds is 7. The van der Waals surface area contributed by atoms with Crippen molar-refractivity contribution >= 4 is 29.3 Å². The molecule has 1 N–H and O–H groups in total. The van der Waals surface area contributed by atoms with Crippen molar-refractivity contribution in [2.24, 2.45) is 0 Å². The molecule has 2 aromatic carbocycles. The van der Waals surface area contributed by atoms with Gasteiger partial charge in [0.25, 0.3) is 0 Å². The van der Waals surface area contributed by atoms with Gasteiger partial charge in [0, 0.05) is 24.7 Å². The average molecular weight is 412 g/mol. The number of benzene rings is 2. The first-order valence-electron chi connectivity index (χ1n) is 9.81. The minimum atomic E-state index is -0.544. The molecule has 158 valence electrons. The summed E-state index contributed by atoms with van der Waals surface area (Å²) in [6, 6.07) is 9.67. The van der Waals surface area contributed by atoms with Crippen molar-refractivity contribution in [1.82, 2.24) is 0 Å². The third kappa shape index (κ3) is 5.17. The number of anilines is 2. The molecule has 0 aromatic heterocycles. The molecule has 1 saturated heterocycles. The van der Waals surface area contributed by atoms with Gasteiger partial charge in [-0.3, -0.25) is 9.59 Å². The first-order valence-corrected chi connectivity index (χ1v) is 9.81. The van der Waals surface area contributed by atoms with Crippen molar-refractivity contribution in [2.75, 3.05) is 23.9 Å². The Balaban J connectivity index is 1.66. The predicted molar refractivity (Wildman–Crippen MR) is 114 cm³/mol. The zero-order valence-corrected chi connectivity index (χ0v) is 17.3. The molecule has 0 aliphatic carbocycles. The van der Waals surface area contributed by atoms with Crippen LogP contribution in [-0.2, 0) is 9.59 Å². The van der Waals surface area contributed by atoms with Gasteiger partial charge < -0.3 is 19.7 Å². The normalized spacial score (nSPS) is 13.9. The van der Waals surface area contributed by atoms with Crippen molar-refractivity contribution in [3.8, 4) is 11.5 Å². The maximum atomic E-state index is 14.4. The summed E-state index contributed by atoms with van der Waals surface area (Å²) in [7, 11) is 1.55.